The average Bonchev–Trinajstić information content (AvgIpc) is 3.24. The molecule has 2 aromatic rings. The van der Waals surface area contributed by atoms with Gasteiger partial charge >= 0.3 is 0 Å². The third-order valence-corrected chi connectivity index (χ3v) is 3.47. The Balaban J connectivity index is 1.89. The van der Waals surface area contributed by atoms with Crippen LogP contribution in [0.15, 0.2) is 18.2 Å². The topological polar surface area (TPSA) is 60.1 Å². The van der Waals surface area contributed by atoms with Crippen LogP contribution in [-0.2, 0) is 16.1 Å². The molecular weight excluding hydrogens is 254 g/mol. The van der Waals surface area contributed by atoms with Gasteiger partial charge in [-0.1, -0.05) is 0 Å². The number of fused-ring (bicyclic) bond motifs is 1. The molecule has 0 atom stereocenters. The minimum atomic E-state index is 0.483. The molecule has 20 heavy (non-hydrogen) atoms. The van der Waals surface area contributed by atoms with E-state index < -0.39 is 0 Å². The molecule has 0 aliphatic heterocycles. The van der Waals surface area contributed by atoms with Crippen LogP contribution in [0.4, 0.5) is 0 Å². The van der Waals surface area contributed by atoms with E-state index in [9.17, 15) is 0 Å². The van der Waals surface area contributed by atoms with Crippen molar-refractivity contribution in [2.75, 3.05) is 20.3 Å². The van der Waals surface area contributed by atoms with Gasteiger partial charge in [0.15, 0.2) is 0 Å². The lowest BCUT2D eigenvalue weighted by molar-refractivity contribution is 0.0575. The zero-order valence-corrected chi connectivity index (χ0v) is 11.5. The van der Waals surface area contributed by atoms with Crippen LogP contribution in [0.25, 0.3) is 11.0 Å². The first-order valence-electron chi connectivity index (χ1n) is 6.81. The highest BCUT2D eigenvalue weighted by molar-refractivity contribution is 5.78. The molecule has 0 bridgehead atoms. The molecule has 0 saturated heterocycles. The predicted molar refractivity (Wildman–Crippen MR) is 74.3 cm³/mol. The van der Waals surface area contributed by atoms with Gasteiger partial charge in [0.25, 0.3) is 0 Å². The molecule has 5 heteroatoms. The summed E-state index contributed by atoms with van der Waals surface area (Å²) in [4.78, 5) is 4.63. The van der Waals surface area contributed by atoms with Crippen LogP contribution in [-0.4, -0.2) is 29.9 Å². The van der Waals surface area contributed by atoms with Crippen LogP contribution in [0, 0.1) is 11.3 Å². The highest BCUT2D eigenvalue weighted by Gasteiger charge is 2.28. The van der Waals surface area contributed by atoms with Crippen LogP contribution in [0.5, 0.6) is 0 Å². The number of ether oxygens (including phenoxy) is 2. The van der Waals surface area contributed by atoms with Gasteiger partial charge in [0.05, 0.1) is 35.9 Å². The Labute approximate surface area is 117 Å². The predicted octanol–water partition coefficient (Wildman–Crippen LogP) is 2.41. The first-order chi connectivity index (χ1) is 9.83. The van der Waals surface area contributed by atoms with E-state index in [0.717, 1.165) is 16.9 Å². The summed E-state index contributed by atoms with van der Waals surface area (Å²) in [5.41, 5.74) is 2.61. The van der Waals surface area contributed by atoms with Gasteiger partial charge in [0.1, 0.15) is 12.4 Å². The van der Waals surface area contributed by atoms with Gasteiger partial charge < -0.3 is 14.0 Å². The van der Waals surface area contributed by atoms with Crippen LogP contribution in [0.2, 0.25) is 0 Å². The highest BCUT2D eigenvalue weighted by atomic mass is 16.5. The number of nitriles is 1. The molecule has 1 aromatic carbocycles. The van der Waals surface area contributed by atoms with Crippen molar-refractivity contribution in [2.45, 2.75) is 25.5 Å². The van der Waals surface area contributed by atoms with E-state index in [1.54, 1.807) is 7.11 Å². The molecule has 0 unspecified atom stereocenters. The van der Waals surface area contributed by atoms with Crippen LogP contribution in [0.3, 0.4) is 0 Å². The number of hydrogen-bond donors (Lipinski definition) is 0. The van der Waals surface area contributed by atoms with E-state index in [0.29, 0.717) is 31.4 Å². The number of benzene rings is 1. The van der Waals surface area contributed by atoms with Crippen molar-refractivity contribution in [1.29, 1.82) is 5.26 Å². The Kier molecular flexibility index (Phi) is 3.68. The highest BCUT2D eigenvalue weighted by Crippen LogP contribution is 2.38. The summed E-state index contributed by atoms with van der Waals surface area (Å²) >= 11 is 0. The maximum absolute atomic E-state index is 8.97. The number of hydrogen-bond acceptors (Lipinski definition) is 4. The normalized spacial score (nSPS) is 14.6. The van der Waals surface area contributed by atoms with Crippen molar-refractivity contribution in [3.63, 3.8) is 0 Å². The molecule has 3 rings (SSSR count). The summed E-state index contributed by atoms with van der Waals surface area (Å²) in [6.07, 6.45) is 2.38. The Morgan fingerprint density at radius 2 is 2.25 bits per heavy atom. The summed E-state index contributed by atoms with van der Waals surface area (Å²) in [6.45, 7) is 1.63. The molecule has 0 spiro atoms. The average molecular weight is 271 g/mol. The van der Waals surface area contributed by atoms with Crippen molar-refractivity contribution in [3.8, 4) is 6.07 Å². The maximum Gasteiger partial charge on any atom is 0.136 e. The van der Waals surface area contributed by atoms with Crippen LogP contribution >= 0.6 is 0 Å². The van der Waals surface area contributed by atoms with E-state index in [2.05, 4.69) is 15.6 Å². The second kappa shape index (κ2) is 5.61. The van der Waals surface area contributed by atoms with Crippen molar-refractivity contribution in [3.05, 3.63) is 29.6 Å². The van der Waals surface area contributed by atoms with Crippen molar-refractivity contribution < 1.29 is 9.47 Å². The molecule has 5 nitrogen and oxygen atoms in total. The zero-order valence-electron chi connectivity index (χ0n) is 11.5. The van der Waals surface area contributed by atoms with Crippen LogP contribution in [0.1, 0.15) is 30.3 Å². The Bertz CT molecular complexity index is 653. The number of nitrogens with zero attached hydrogens (tertiary/aromatic N) is 3. The minimum Gasteiger partial charge on any atom is -0.382 e. The Morgan fingerprint density at radius 1 is 1.40 bits per heavy atom. The van der Waals surface area contributed by atoms with Gasteiger partial charge in [-0.3, -0.25) is 0 Å². The number of aromatic nitrogens is 2. The van der Waals surface area contributed by atoms with Crippen molar-refractivity contribution in [2.24, 2.45) is 0 Å². The Hall–Kier alpha value is -1.90. The first-order valence-corrected chi connectivity index (χ1v) is 6.81. The van der Waals surface area contributed by atoms with E-state index >= 15 is 0 Å². The number of rotatable bonds is 6. The number of imidazole rings is 1. The summed E-state index contributed by atoms with van der Waals surface area (Å²) < 4.78 is 12.8. The fraction of sp³-hybridized carbons (Fsp3) is 0.467. The molecule has 104 valence electrons. The molecule has 0 amide bonds. The molecule has 1 heterocycles. The first kappa shape index (κ1) is 13.1. The smallest absolute Gasteiger partial charge is 0.136 e. The summed E-state index contributed by atoms with van der Waals surface area (Å²) in [6, 6.07) is 8.36. The summed E-state index contributed by atoms with van der Waals surface area (Å²) in [7, 11) is 1.66. The monoisotopic (exact) mass is 271 g/mol. The lowest BCUT2D eigenvalue weighted by atomic mass is 10.2. The van der Waals surface area contributed by atoms with Gasteiger partial charge in [-0.25, -0.2) is 4.98 Å². The molecule has 0 N–H and O–H groups in total. The van der Waals surface area contributed by atoms with E-state index in [4.69, 9.17) is 14.7 Å². The molecular formula is C15H17N3O2. The van der Waals surface area contributed by atoms with Crippen molar-refractivity contribution >= 4 is 11.0 Å². The lowest BCUT2D eigenvalue weighted by Gasteiger charge is -2.08. The fourth-order valence-corrected chi connectivity index (χ4v) is 2.37. The SMILES string of the molecule is COCCOCc1nc2cc(C#N)ccc2n1C1CC1. The molecule has 1 aliphatic rings. The standard InChI is InChI=1S/C15H17N3O2/c1-19-6-7-20-10-15-17-13-8-11(9-16)2-5-14(13)18(15)12-3-4-12/h2,5,8,12H,3-4,6-7,10H2,1H3. The van der Waals surface area contributed by atoms with Gasteiger partial charge in [-0.05, 0) is 31.0 Å². The van der Waals surface area contributed by atoms with Gasteiger partial charge in [0.2, 0.25) is 0 Å². The molecule has 1 saturated carbocycles. The largest absolute Gasteiger partial charge is 0.382 e. The quantitative estimate of drug-likeness (QED) is 0.757. The van der Waals surface area contributed by atoms with Gasteiger partial charge in [-0.2, -0.15) is 5.26 Å². The zero-order chi connectivity index (χ0) is 13.9. The fourth-order valence-electron chi connectivity index (χ4n) is 2.37. The molecule has 1 aromatic heterocycles. The van der Waals surface area contributed by atoms with Gasteiger partial charge in [0, 0.05) is 13.2 Å². The van der Waals surface area contributed by atoms with E-state index in [-0.39, 0.29) is 0 Å². The third-order valence-electron chi connectivity index (χ3n) is 3.47. The maximum atomic E-state index is 8.97. The van der Waals surface area contributed by atoms with Crippen LogP contribution < -0.4 is 0 Å². The molecule has 1 fully saturated rings. The summed E-state index contributed by atoms with van der Waals surface area (Å²) in [5, 5.41) is 8.97. The Morgan fingerprint density at radius 3 is 2.95 bits per heavy atom. The molecule has 0 radical (unpaired) electrons. The third kappa shape index (κ3) is 2.53. The second-order valence-electron chi connectivity index (χ2n) is 4.99. The van der Waals surface area contributed by atoms with E-state index in [1.165, 1.54) is 12.8 Å². The minimum absolute atomic E-state index is 0.483. The second-order valence-corrected chi connectivity index (χ2v) is 4.99. The number of methoxy groups -OCH3 is 1. The lowest BCUT2D eigenvalue weighted by Crippen LogP contribution is -2.07. The van der Waals surface area contributed by atoms with E-state index in [1.807, 2.05) is 18.2 Å². The van der Waals surface area contributed by atoms with Gasteiger partial charge in [-0.15, -0.1) is 0 Å². The summed E-state index contributed by atoms with van der Waals surface area (Å²) in [5.74, 6) is 0.939. The molecule has 1 aliphatic carbocycles. The van der Waals surface area contributed by atoms with Crippen molar-refractivity contribution in [1.82, 2.24) is 9.55 Å².